The van der Waals surface area contributed by atoms with Gasteiger partial charge < -0.3 is 10.6 Å². The molecule has 0 radical (unpaired) electrons. The molecular weight excluding hydrogens is 224 g/mol. The lowest BCUT2D eigenvalue weighted by Gasteiger charge is -2.29. The van der Waals surface area contributed by atoms with E-state index in [2.05, 4.69) is 14.9 Å². The third-order valence-corrected chi connectivity index (χ3v) is 4.43. The molecule has 2 heterocycles. The van der Waals surface area contributed by atoms with Gasteiger partial charge in [0.25, 0.3) is 0 Å². The predicted octanol–water partition coefficient (Wildman–Crippen LogP) is 2.09. The molecule has 3 rings (SSSR count). The smallest absolute Gasteiger partial charge is 0.225 e. The Balaban J connectivity index is 1.76. The summed E-state index contributed by atoms with van der Waals surface area (Å²) >= 11 is 0. The van der Waals surface area contributed by atoms with E-state index in [1.54, 1.807) is 0 Å². The number of aromatic nitrogens is 2. The molecule has 98 valence electrons. The molecule has 2 fully saturated rings. The summed E-state index contributed by atoms with van der Waals surface area (Å²) in [5.41, 5.74) is 6.60. The lowest BCUT2D eigenvalue weighted by atomic mass is 9.96. The highest BCUT2D eigenvalue weighted by molar-refractivity contribution is 5.34. The van der Waals surface area contributed by atoms with Crippen LogP contribution < -0.4 is 10.6 Å². The number of hydrogen-bond donors (Lipinski definition) is 1. The molecule has 1 aromatic heterocycles. The molecule has 2 N–H and O–H groups in total. The Hall–Kier alpha value is -1.16. The topological polar surface area (TPSA) is 55.0 Å². The van der Waals surface area contributed by atoms with Crippen LogP contribution in [-0.2, 0) is 6.54 Å². The van der Waals surface area contributed by atoms with Gasteiger partial charge >= 0.3 is 0 Å². The maximum absolute atomic E-state index is 5.59. The minimum absolute atomic E-state index is 0.520. The minimum Gasteiger partial charge on any atom is -0.338 e. The van der Waals surface area contributed by atoms with E-state index in [1.807, 2.05) is 12.4 Å². The average molecular weight is 246 g/mol. The highest BCUT2D eigenvalue weighted by atomic mass is 15.3. The number of nitrogens with zero attached hydrogens (tertiary/aromatic N) is 3. The molecule has 1 unspecified atom stereocenters. The van der Waals surface area contributed by atoms with Crippen molar-refractivity contribution in [3.8, 4) is 0 Å². The average Bonchev–Trinajstić information content (AvgIpc) is 3.09. The van der Waals surface area contributed by atoms with Gasteiger partial charge in [-0.3, -0.25) is 0 Å². The summed E-state index contributed by atoms with van der Waals surface area (Å²) in [6, 6.07) is 0.677. The van der Waals surface area contributed by atoms with Gasteiger partial charge in [0.2, 0.25) is 5.95 Å². The first-order valence-electron chi connectivity index (χ1n) is 7.16. The first-order valence-corrected chi connectivity index (χ1v) is 7.16. The number of hydrogen-bond acceptors (Lipinski definition) is 4. The van der Waals surface area contributed by atoms with E-state index >= 15 is 0 Å². The number of anilines is 1. The zero-order chi connectivity index (χ0) is 12.4. The van der Waals surface area contributed by atoms with Crippen molar-refractivity contribution in [2.75, 3.05) is 11.4 Å². The van der Waals surface area contributed by atoms with Gasteiger partial charge in [0.15, 0.2) is 0 Å². The second-order valence-corrected chi connectivity index (χ2v) is 5.54. The zero-order valence-electron chi connectivity index (χ0n) is 10.9. The van der Waals surface area contributed by atoms with Gasteiger partial charge in [-0.15, -0.1) is 0 Å². The molecule has 1 saturated carbocycles. The maximum atomic E-state index is 5.59. The largest absolute Gasteiger partial charge is 0.338 e. The summed E-state index contributed by atoms with van der Waals surface area (Å²) in [5.74, 6) is 1.77. The van der Waals surface area contributed by atoms with Crippen molar-refractivity contribution in [3.05, 3.63) is 18.0 Å². The van der Waals surface area contributed by atoms with Gasteiger partial charge in [-0.25, -0.2) is 9.97 Å². The van der Waals surface area contributed by atoms with Gasteiger partial charge in [0.05, 0.1) is 0 Å². The quantitative estimate of drug-likeness (QED) is 0.887. The Morgan fingerprint density at radius 1 is 1.11 bits per heavy atom. The van der Waals surface area contributed by atoms with E-state index in [9.17, 15) is 0 Å². The fourth-order valence-corrected chi connectivity index (χ4v) is 3.47. The Morgan fingerprint density at radius 2 is 1.83 bits per heavy atom. The van der Waals surface area contributed by atoms with E-state index in [0.29, 0.717) is 12.6 Å². The molecule has 0 aromatic carbocycles. The fourth-order valence-electron chi connectivity index (χ4n) is 3.47. The maximum Gasteiger partial charge on any atom is 0.225 e. The van der Waals surface area contributed by atoms with Crippen LogP contribution in [0, 0.1) is 5.92 Å². The third kappa shape index (κ3) is 2.21. The summed E-state index contributed by atoms with van der Waals surface area (Å²) in [7, 11) is 0. The number of nitrogens with two attached hydrogens (primary N) is 1. The second kappa shape index (κ2) is 5.22. The van der Waals surface area contributed by atoms with Crippen molar-refractivity contribution in [2.45, 2.75) is 51.1 Å². The molecule has 0 bridgehead atoms. The van der Waals surface area contributed by atoms with Crippen LogP contribution in [0.3, 0.4) is 0 Å². The lowest BCUT2D eigenvalue weighted by molar-refractivity contribution is 0.427. The molecule has 4 heteroatoms. The Kier molecular flexibility index (Phi) is 3.46. The van der Waals surface area contributed by atoms with Crippen LogP contribution in [0.4, 0.5) is 5.95 Å². The normalized spacial score (nSPS) is 24.9. The first-order chi connectivity index (χ1) is 8.88. The van der Waals surface area contributed by atoms with Crippen molar-refractivity contribution < 1.29 is 0 Å². The van der Waals surface area contributed by atoms with E-state index in [-0.39, 0.29) is 0 Å². The summed E-state index contributed by atoms with van der Waals surface area (Å²) in [5, 5.41) is 0. The molecule has 0 amide bonds. The van der Waals surface area contributed by atoms with Crippen molar-refractivity contribution in [1.29, 1.82) is 0 Å². The SMILES string of the molecule is NCc1cnc(N2CCCC2C2CCCC2)nc1. The van der Waals surface area contributed by atoms with Crippen LogP contribution in [0.15, 0.2) is 12.4 Å². The Bertz CT molecular complexity index is 383. The van der Waals surface area contributed by atoms with Crippen LogP contribution in [0.5, 0.6) is 0 Å². The van der Waals surface area contributed by atoms with Crippen molar-refractivity contribution >= 4 is 5.95 Å². The Morgan fingerprint density at radius 3 is 2.50 bits per heavy atom. The monoisotopic (exact) mass is 246 g/mol. The summed E-state index contributed by atoms with van der Waals surface area (Å²) < 4.78 is 0. The van der Waals surface area contributed by atoms with Crippen LogP contribution in [0.2, 0.25) is 0 Å². The molecule has 1 aromatic rings. The molecule has 1 aliphatic heterocycles. The molecule has 1 atom stereocenters. The summed E-state index contributed by atoms with van der Waals surface area (Å²) in [4.78, 5) is 11.4. The first kappa shape index (κ1) is 11.9. The van der Waals surface area contributed by atoms with Crippen molar-refractivity contribution in [2.24, 2.45) is 11.7 Å². The lowest BCUT2D eigenvalue weighted by Crippen LogP contribution is -2.35. The summed E-state index contributed by atoms with van der Waals surface area (Å²) in [6.45, 7) is 1.63. The van der Waals surface area contributed by atoms with E-state index in [0.717, 1.165) is 24.0 Å². The van der Waals surface area contributed by atoms with Crippen molar-refractivity contribution in [1.82, 2.24) is 9.97 Å². The Labute approximate surface area is 109 Å². The van der Waals surface area contributed by atoms with Gasteiger partial charge in [-0.2, -0.15) is 0 Å². The van der Waals surface area contributed by atoms with Gasteiger partial charge in [-0.05, 0) is 31.6 Å². The molecule has 1 saturated heterocycles. The molecule has 4 nitrogen and oxygen atoms in total. The third-order valence-electron chi connectivity index (χ3n) is 4.43. The predicted molar refractivity (Wildman–Crippen MR) is 72.2 cm³/mol. The van der Waals surface area contributed by atoms with Gasteiger partial charge in [0.1, 0.15) is 0 Å². The highest BCUT2D eigenvalue weighted by Crippen LogP contribution is 2.36. The van der Waals surface area contributed by atoms with E-state index in [1.165, 1.54) is 38.5 Å². The molecule has 0 spiro atoms. The molecule has 1 aliphatic carbocycles. The van der Waals surface area contributed by atoms with E-state index < -0.39 is 0 Å². The minimum atomic E-state index is 0.520. The van der Waals surface area contributed by atoms with Crippen molar-refractivity contribution in [3.63, 3.8) is 0 Å². The van der Waals surface area contributed by atoms with Crippen LogP contribution in [0.1, 0.15) is 44.1 Å². The summed E-state index contributed by atoms with van der Waals surface area (Å²) in [6.07, 6.45) is 11.9. The van der Waals surface area contributed by atoms with Gasteiger partial charge in [0, 0.05) is 37.1 Å². The molecule has 18 heavy (non-hydrogen) atoms. The van der Waals surface area contributed by atoms with Gasteiger partial charge in [-0.1, -0.05) is 12.8 Å². The molecule has 2 aliphatic rings. The highest BCUT2D eigenvalue weighted by Gasteiger charge is 2.34. The fraction of sp³-hybridized carbons (Fsp3) is 0.714. The van der Waals surface area contributed by atoms with E-state index in [4.69, 9.17) is 5.73 Å². The number of rotatable bonds is 3. The second-order valence-electron chi connectivity index (χ2n) is 5.54. The van der Waals surface area contributed by atoms with Crippen LogP contribution in [-0.4, -0.2) is 22.6 Å². The molecular formula is C14H22N4. The standard InChI is InChI=1S/C14H22N4/c15-8-11-9-16-14(17-10-11)18-7-3-6-13(18)12-4-1-2-5-12/h9-10,12-13H,1-8,15H2. The van der Waals surface area contributed by atoms with Crippen LogP contribution >= 0.6 is 0 Å². The zero-order valence-corrected chi connectivity index (χ0v) is 10.9. The van der Waals surface area contributed by atoms with Crippen LogP contribution in [0.25, 0.3) is 0 Å².